The summed E-state index contributed by atoms with van der Waals surface area (Å²) in [6, 6.07) is 4.10. The van der Waals surface area contributed by atoms with Crippen molar-refractivity contribution < 1.29 is 0 Å². The predicted molar refractivity (Wildman–Crippen MR) is 57.0 cm³/mol. The molecule has 2 rings (SSSR count). The van der Waals surface area contributed by atoms with Gasteiger partial charge in [-0.05, 0) is 47.2 Å². The number of pyridine rings is 2. The Kier molecular flexibility index (Phi) is 1.96. The lowest BCUT2D eigenvalue weighted by atomic mass is 10.2. The Morgan fingerprint density at radius 2 is 2.17 bits per heavy atom. The van der Waals surface area contributed by atoms with Gasteiger partial charge in [0.25, 0.3) is 0 Å². The molecule has 0 amide bonds. The summed E-state index contributed by atoms with van der Waals surface area (Å²) in [5.74, 6) is 0. The Bertz CT molecular complexity index is 426. The third-order valence-electron chi connectivity index (χ3n) is 1.69. The van der Waals surface area contributed by atoms with Crippen LogP contribution < -0.4 is 0 Å². The number of aromatic nitrogens is 2. The molecule has 0 unspecified atom stereocenters. The van der Waals surface area contributed by atoms with Crippen LogP contribution >= 0.6 is 22.6 Å². The Morgan fingerprint density at radius 3 is 3.00 bits per heavy atom. The third-order valence-corrected chi connectivity index (χ3v) is 2.48. The molecule has 12 heavy (non-hydrogen) atoms. The van der Waals surface area contributed by atoms with Gasteiger partial charge in [0.2, 0.25) is 0 Å². The number of hydrogen-bond donors (Lipinski definition) is 0. The van der Waals surface area contributed by atoms with Crippen molar-refractivity contribution in [3.8, 4) is 0 Å². The SMILES string of the molecule is Cc1cnc2c(I)nccc2c1. The van der Waals surface area contributed by atoms with Crippen LogP contribution in [0.25, 0.3) is 10.9 Å². The lowest BCUT2D eigenvalue weighted by Crippen LogP contribution is -1.86. The summed E-state index contributed by atoms with van der Waals surface area (Å²) in [6.07, 6.45) is 3.68. The van der Waals surface area contributed by atoms with Crippen LogP contribution in [-0.4, -0.2) is 9.97 Å². The van der Waals surface area contributed by atoms with Crippen LogP contribution in [0, 0.1) is 10.6 Å². The molecule has 0 bridgehead atoms. The second-order valence-electron chi connectivity index (χ2n) is 2.69. The van der Waals surface area contributed by atoms with Crippen LogP contribution in [0.4, 0.5) is 0 Å². The van der Waals surface area contributed by atoms with Gasteiger partial charge >= 0.3 is 0 Å². The molecule has 0 spiro atoms. The monoisotopic (exact) mass is 270 g/mol. The molecule has 2 nitrogen and oxygen atoms in total. The van der Waals surface area contributed by atoms with Crippen molar-refractivity contribution in [2.24, 2.45) is 0 Å². The second-order valence-corrected chi connectivity index (χ2v) is 3.71. The number of rotatable bonds is 0. The van der Waals surface area contributed by atoms with Crippen LogP contribution in [0.15, 0.2) is 24.5 Å². The summed E-state index contributed by atoms with van der Waals surface area (Å²) in [7, 11) is 0. The van der Waals surface area contributed by atoms with E-state index < -0.39 is 0 Å². The van der Waals surface area contributed by atoms with E-state index in [2.05, 4.69) is 38.6 Å². The first kappa shape index (κ1) is 7.91. The van der Waals surface area contributed by atoms with Gasteiger partial charge in [0.1, 0.15) is 9.22 Å². The van der Waals surface area contributed by atoms with E-state index in [9.17, 15) is 0 Å². The highest BCUT2D eigenvalue weighted by molar-refractivity contribution is 14.1. The normalized spacial score (nSPS) is 10.5. The zero-order chi connectivity index (χ0) is 8.55. The van der Waals surface area contributed by atoms with Crippen molar-refractivity contribution in [2.45, 2.75) is 6.92 Å². The fraction of sp³-hybridized carbons (Fsp3) is 0.111. The summed E-state index contributed by atoms with van der Waals surface area (Å²) < 4.78 is 0.963. The fourth-order valence-corrected chi connectivity index (χ4v) is 1.75. The first-order chi connectivity index (χ1) is 5.77. The van der Waals surface area contributed by atoms with E-state index in [1.54, 1.807) is 0 Å². The van der Waals surface area contributed by atoms with Crippen LogP contribution in [0.5, 0.6) is 0 Å². The van der Waals surface area contributed by atoms with E-state index in [-0.39, 0.29) is 0 Å². The molecular weight excluding hydrogens is 263 g/mol. The summed E-state index contributed by atoms with van der Waals surface area (Å²) >= 11 is 2.20. The summed E-state index contributed by atoms with van der Waals surface area (Å²) in [5, 5.41) is 1.16. The number of fused-ring (bicyclic) bond motifs is 1. The van der Waals surface area contributed by atoms with Crippen LogP contribution in [0.3, 0.4) is 0 Å². The van der Waals surface area contributed by atoms with E-state index in [4.69, 9.17) is 0 Å². The lowest BCUT2D eigenvalue weighted by molar-refractivity contribution is 1.25. The quantitative estimate of drug-likeness (QED) is 0.543. The number of nitrogens with zero attached hydrogens (tertiary/aromatic N) is 2. The van der Waals surface area contributed by atoms with E-state index in [0.29, 0.717) is 0 Å². The zero-order valence-electron chi connectivity index (χ0n) is 6.58. The number of aryl methyl sites for hydroxylation is 1. The van der Waals surface area contributed by atoms with E-state index in [1.807, 2.05) is 25.4 Å². The van der Waals surface area contributed by atoms with Crippen LogP contribution in [0.1, 0.15) is 5.56 Å². The molecule has 0 aliphatic rings. The molecule has 0 saturated carbocycles. The molecule has 60 valence electrons. The van der Waals surface area contributed by atoms with Gasteiger partial charge in [0, 0.05) is 17.8 Å². The van der Waals surface area contributed by atoms with Crippen LogP contribution in [-0.2, 0) is 0 Å². The first-order valence-electron chi connectivity index (χ1n) is 3.64. The molecule has 2 heterocycles. The first-order valence-corrected chi connectivity index (χ1v) is 4.72. The molecule has 0 aromatic carbocycles. The molecule has 0 aliphatic carbocycles. The Hall–Kier alpha value is -0.710. The summed E-state index contributed by atoms with van der Waals surface area (Å²) in [4.78, 5) is 8.47. The average Bonchev–Trinajstić information content (AvgIpc) is 2.04. The van der Waals surface area contributed by atoms with Gasteiger partial charge in [0.05, 0.1) is 0 Å². The van der Waals surface area contributed by atoms with Gasteiger partial charge in [-0.1, -0.05) is 0 Å². The van der Waals surface area contributed by atoms with E-state index >= 15 is 0 Å². The molecular formula is C9H7IN2. The minimum Gasteiger partial charge on any atom is -0.253 e. The maximum atomic E-state index is 4.31. The van der Waals surface area contributed by atoms with E-state index in [1.165, 1.54) is 5.56 Å². The number of hydrogen-bond acceptors (Lipinski definition) is 2. The third kappa shape index (κ3) is 1.29. The molecule has 0 fully saturated rings. The minimum atomic E-state index is 0.963. The molecule has 0 atom stereocenters. The van der Waals surface area contributed by atoms with Crippen LogP contribution in [0.2, 0.25) is 0 Å². The average molecular weight is 270 g/mol. The Morgan fingerprint density at radius 1 is 1.33 bits per heavy atom. The summed E-state index contributed by atoms with van der Waals surface area (Å²) in [6.45, 7) is 2.04. The highest BCUT2D eigenvalue weighted by Crippen LogP contribution is 2.16. The lowest BCUT2D eigenvalue weighted by Gasteiger charge is -1.98. The zero-order valence-corrected chi connectivity index (χ0v) is 8.74. The molecule has 2 aromatic rings. The van der Waals surface area contributed by atoms with Gasteiger partial charge in [-0.2, -0.15) is 0 Å². The van der Waals surface area contributed by atoms with Gasteiger partial charge in [-0.15, -0.1) is 0 Å². The van der Waals surface area contributed by atoms with E-state index in [0.717, 1.165) is 14.6 Å². The Labute approximate surface area is 84.2 Å². The Balaban J connectivity index is 2.86. The molecule has 2 aromatic heterocycles. The van der Waals surface area contributed by atoms with Gasteiger partial charge in [-0.3, -0.25) is 4.98 Å². The molecule has 0 radical (unpaired) electrons. The molecule has 0 aliphatic heterocycles. The maximum absolute atomic E-state index is 4.31. The highest BCUT2D eigenvalue weighted by Gasteiger charge is 1.99. The topological polar surface area (TPSA) is 25.8 Å². The summed E-state index contributed by atoms with van der Waals surface area (Å²) in [5.41, 5.74) is 2.17. The minimum absolute atomic E-state index is 0.963. The van der Waals surface area contributed by atoms with Gasteiger partial charge in [-0.25, -0.2) is 4.98 Å². The molecule has 0 saturated heterocycles. The highest BCUT2D eigenvalue weighted by atomic mass is 127. The number of halogens is 1. The van der Waals surface area contributed by atoms with Crippen molar-refractivity contribution >= 4 is 33.5 Å². The van der Waals surface area contributed by atoms with Crippen molar-refractivity contribution in [2.75, 3.05) is 0 Å². The molecule has 0 N–H and O–H groups in total. The van der Waals surface area contributed by atoms with Gasteiger partial charge < -0.3 is 0 Å². The smallest absolute Gasteiger partial charge is 0.127 e. The predicted octanol–water partition coefficient (Wildman–Crippen LogP) is 2.54. The van der Waals surface area contributed by atoms with Crippen molar-refractivity contribution in [1.29, 1.82) is 0 Å². The largest absolute Gasteiger partial charge is 0.253 e. The fourth-order valence-electron chi connectivity index (χ4n) is 1.14. The van der Waals surface area contributed by atoms with Crippen molar-refractivity contribution in [3.63, 3.8) is 0 Å². The molecule has 3 heteroatoms. The standard InChI is InChI=1S/C9H7IN2/c1-6-4-7-2-3-11-9(10)8(7)12-5-6/h2-5H,1H3. The maximum Gasteiger partial charge on any atom is 0.127 e. The second kappa shape index (κ2) is 2.97. The van der Waals surface area contributed by atoms with Gasteiger partial charge in [0.15, 0.2) is 0 Å². The van der Waals surface area contributed by atoms with Crippen molar-refractivity contribution in [3.05, 3.63) is 33.8 Å². The van der Waals surface area contributed by atoms with Crippen molar-refractivity contribution in [1.82, 2.24) is 9.97 Å².